The summed E-state index contributed by atoms with van der Waals surface area (Å²) in [5.74, 6) is 0.540. The van der Waals surface area contributed by atoms with Crippen molar-refractivity contribution in [1.82, 2.24) is 0 Å². The summed E-state index contributed by atoms with van der Waals surface area (Å²) in [6.07, 6.45) is 2.99. The van der Waals surface area contributed by atoms with E-state index in [1.54, 1.807) is 24.3 Å². The summed E-state index contributed by atoms with van der Waals surface area (Å²) in [4.78, 5) is 11.8. The number of benzene rings is 2. The van der Waals surface area contributed by atoms with Gasteiger partial charge in [-0.25, -0.2) is 4.79 Å². The highest BCUT2D eigenvalue weighted by Crippen LogP contribution is 2.28. The minimum Gasteiger partial charge on any atom is -0.493 e. The van der Waals surface area contributed by atoms with Crippen LogP contribution in [0.15, 0.2) is 48.5 Å². The average molecular weight is 337 g/mol. The van der Waals surface area contributed by atoms with Gasteiger partial charge in [0.25, 0.3) is 0 Å². The van der Waals surface area contributed by atoms with Gasteiger partial charge in [-0.2, -0.15) is 5.26 Å². The van der Waals surface area contributed by atoms with E-state index in [0.29, 0.717) is 11.5 Å². The van der Waals surface area contributed by atoms with Crippen molar-refractivity contribution in [1.29, 1.82) is 5.26 Å². The fourth-order valence-corrected chi connectivity index (χ4v) is 2.07. The lowest BCUT2D eigenvalue weighted by Crippen LogP contribution is -2.00. The lowest BCUT2D eigenvalue weighted by atomic mass is 10.2. The van der Waals surface area contributed by atoms with Gasteiger partial charge in [0.1, 0.15) is 12.7 Å². The van der Waals surface area contributed by atoms with Gasteiger partial charge < -0.3 is 14.2 Å². The van der Waals surface area contributed by atoms with Gasteiger partial charge in [-0.05, 0) is 36.3 Å². The van der Waals surface area contributed by atoms with Crippen LogP contribution in [0.2, 0.25) is 0 Å². The van der Waals surface area contributed by atoms with Gasteiger partial charge >= 0.3 is 5.97 Å². The van der Waals surface area contributed by atoms with E-state index < -0.39 is 5.97 Å². The van der Waals surface area contributed by atoms with E-state index >= 15 is 0 Å². The largest absolute Gasteiger partial charge is 0.493 e. The van der Waals surface area contributed by atoms with Crippen molar-refractivity contribution in [3.8, 4) is 17.6 Å². The molecule has 0 spiro atoms. The number of ether oxygens (including phenoxy) is 3. The van der Waals surface area contributed by atoms with Crippen LogP contribution in [-0.4, -0.2) is 19.7 Å². The molecule has 2 aromatic rings. The molecule has 5 heteroatoms. The van der Waals surface area contributed by atoms with Gasteiger partial charge in [-0.1, -0.05) is 35.9 Å². The second kappa shape index (κ2) is 9.14. The van der Waals surface area contributed by atoms with E-state index in [2.05, 4.69) is 0 Å². The third-order valence-electron chi connectivity index (χ3n) is 3.39. The SMILES string of the molecule is COc1cc(/C=C/C(=O)OCc2ccc(C)cc2)ccc1OCC#N. The predicted molar refractivity (Wildman–Crippen MR) is 94.1 cm³/mol. The van der Waals surface area contributed by atoms with Crippen LogP contribution < -0.4 is 9.47 Å². The fourth-order valence-electron chi connectivity index (χ4n) is 2.07. The zero-order chi connectivity index (χ0) is 18.1. The first-order valence-electron chi connectivity index (χ1n) is 7.70. The van der Waals surface area contributed by atoms with Crippen LogP contribution in [0.3, 0.4) is 0 Å². The van der Waals surface area contributed by atoms with Crippen LogP contribution in [0, 0.1) is 18.3 Å². The van der Waals surface area contributed by atoms with Gasteiger partial charge in [0.05, 0.1) is 7.11 Å². The minimum atomic E-state index is -0.427. The Morgan fingerprint density at radius 3 is 2.60 bits per heavy atom. The number of methoxy groups -OCH3 is 1. The fraction of sp³-hybridized carbons (Fsp3) is 0.200. The van der Waals surface area contributed by atoms with E-state index in [9.17, 15) is 4.79 Å². The van der Waals surface area contributed by atoms with Gasteiger partial charge in [0.15, 0.2) is 18.1 Å². The number of hydrogen-bond donors (Lipinski definition) is 0. The molecule has 2 rings (SSSR count). The standard InChI is InChI=1S/C20H19NO4/c1-15-3-5-17(6-4-15)14-25-20(22)10-8-16-7-9-18(24-12-11-21)19(13-16)23-2/h3-10,13H,12,14H2,1-2H3/b10-8+. The molecule has 0 amide bonds. The molecule has 0 aliphatic heterocycles. The van der Waals surface area contributed by atoms with Gasteiger partial charge in [0, 0.05) is 6.08 Å². The van der Waals surface area contributed by atoms with Crippen molar-refractivity contribution in [2.24, 2.45) is 0 Å². The predicted octanol–water partition coefficient (Wildman–Crippen LogP) is 3.66. The number of rotatable bonds is 7. The molecule has 0 saturated heterocycles. The van der Waals surface area contributed by atoms with Crippen molar-refractivity contribution < 1.29 is 19.0 Å². The Morgan fingerprint density at radius 2 is 1.92 bits per heavy atom. The van der Waals surface area contributed by atoms with Crippen molar-refractivity contribution in [2.75, 3.05) is 13.7 Å². The molecule has 2 aromatic carbocycles. The minimum absolute atomic E-state index is 0.0586. The second-order valence-electron chi connectivity index (χ2n) is 5.28. The number of nitrogens with zero attached hydrogens (tertiary/aromatic N) is 1. The van der Waals surface area contributed by atoms with Crippen LogP contribution in [0.1, 0.15) is 16.7 Å². The maximum atomic E-state index is 11.8. The normalized spacial score (nSPS) is 10.3. The summed E-state index contributed by atoms with van der Waals surface area (Å²) < 4.78 is 15.7. The Kier molecular flexibility index (Phi) is 6.61. The third kappa shape index (κ3) is 5.70. The molecule has 0 aromatic heterocycles. The van der Waals surface area contributed by atoms with Crippen molar-refractivity contribution in [2.45, 2.75) is 13.5 Å². The first-order valence-corrected chi connectivity index (χ1v) is 7.70. The van der Waals surface area contributed by atoms with E-state index in [1.165, 1.54) is 13.2 Å². The van der Waals surface area contributed by atoms with Crippen molar-refractivity contribution in [3.05, 3.63) is 65.2 Å². The molecule has 25 heavy (non-hydrogen) atoms. The molecule has 0 saturated carbocycles. The lowest BCUT2D eigenvalue weighted by molar-refractivity contribution is -0.138. The van der Waals surface area contributed by atoms with Crippen LogP contribution in [0.4, 0.5) is 0 Å². The highest BCUT2D eigenvalue weighted by molar-refractivity contribution is 5.87. The third-order valence-corrected chi connectivity index (χ3v) is 3.39. The Morgan fingerprint density at radius 1 is 1.16 bits per heavy atom. The summed E-state index contributed by atoms with van der Waals surface area (Å²) in [6.45, 7) is 2.17. The molecule has 0 radical (unpaired) electrons. The number of carbonyl (C=O) groups is 1. The number of nitriles is 1. The molecule has 0 heterocycles. The smallest absolute Gasteiger partial charge is 0.331 e. The van der Waals surface area contributed by atoms with Gasteiger partial charge in [-0.15, -0.1) is 0 Å². The van der Waals surface area contributed by atoms with Crippen molar-refractivity contribution in [3.63, 3.8) is 0 Å². The molecule has 0 fully saturated rings. The summed E-state index contributed by atoms with van der Waals surface area (Å²) in [5, 5.41) is 8.56. The maximum absolute atomic E-state index is 11.8. The molecular formula is C20H19NO4. The molecular weight excluding hydrogens is 318 g/mol. The second-order valence-corrected chi connectivity index (χ2v) is 5.28. The summed E-state index contributed by atoms with van der Waals surface area (Å²) >= 11 is 0. The Bertz CT molecular complexity index is 788. The van der Waals surface area contributed by atoms with Gasteiger partial charge in [0.2, 0.25) is 0 Å². The average Bonchev–Trinajstić information content (AvgIpc) is 2.64. The van der Waals surface area contributed by atoms with Gasteiger partial charge in [-0.3, -0.25) is 0 Å². The molecule has 0 bridgehead atoms. The molecule has 0 atom stereocenters. The highest BCUT2D eigenvalue weighted by atomic mass is 16.5. The Labute approximate surface area is 147 Å². The molecule has 0 N–H and O–H groups in total. The van der Waals surface area contributed by atoms with E-state index in [1.807, 2.05) is 37.3 Å². The first-order chi connectivity index (χ1) is 12.1. The number of carbonyl (C=O) groups excluding carboxylic acids is 1. The van der Waals surface area contributed by atoms with Crippen LogP contribution in [-0.2, 0) is 16.1 Å². The zero-order valence-corrected chi connectivity index (χ0v) is 14.2. The number of aryl methyl sites for hydroxylation is 1. The summed E-state index contributed by atoms with van der Waals surface area (Å²) in [7, 11) is 1.51. The number of esters is 1. The maximum Gasteiger partial charge on any atom is 0.331 e. The topological polar surface area (TPSA) is 68.6 Å². The first kappa shape index (κ1) is 18.1. The molecule has 0 aliphatic rings. The highest BCUT2D eigenvalue weighted by Gasteiger charge is 2.05. The molecule has 128 valence electrons. The van der Waals surface area contributed by atoms with Crippen LogP contribution in [0.5, 0.6) is 11.5 Å². The Balaban J connectivity index is 1.94. The van der Waals surface area contributed by atoms with E-state index in [4.69, 9.17) is 19.5 Å². The van der Waals surface area contributed by atoms with Crippen LogP contribution >= 0.6 is 0 Å². The Hall–Kier alpha value is -3.26. The van der Waals surface area contributed by atoms with E-state index in [0.717, 1.165) is 16.7 Å². The summed E-state index contributed by atoms with van der Waals surface area (Å²) in [6, 6.07) is 14.9. The van der Waals surface area contributed by atoms with Crippen molar-refractivity contribution >= 4 is 12.0 Å². The molecule has 0 aliphatic carbocycles. The number of hydrogen-bond acceptors (Lipinski definition) is 5. The lowest BCUT2D eigenvalue weighted by Gasteiger charge is -2.08. The molecule has 0 unspecified atom stereocenters. The van der Waals surface area contributed by atoms with E-state index in [-0.39, 0.29) is 13.2 Å². The monoisotopic (exact) mass is 337 g/mol. The molecule has 5 nitrogen and oxygen atoms in total. The zero-order valence-electron chi connectivity index (χ0n) is 14.2. The van der Waals surface area contributed by atoms with Crippen LogP contribution in [0.25, 0.3) is 6.08 Å². The summed E-state index contributed by atoms with van der Waals surface area (Å²) in [5.41, 5.74) is 2.85. The quantitative estimate of drug-likeness (QED) is 0.570.